The molecule has 4 rings (SSSR count). The van der Waals surface area contributed by atoms with Crippen molar-refractivity contribution in [1.29, 1.82) is 0 Å². The molecule has 0 spiro atoms. The topological polar surface area (TPSA) is 54.0 Å². The quantitative estimate of drug-likeness (QED) is 0.668. The highest BCUT2D eigenvalue weighted by atomic mass is 32.1. The van der Waals surface area contributed by atoms with Crippen molar-refractivity contribution in [3.05, 3.63) is 35.3 Å². The van der Waals surface area contributed by atoms with Gasteiger partial charge in [-0.05, 0) is 25.1 Å². The van der Waals surface area contributed by atoms with E-state index in [0.29, 0.717) is 16.0 Å². The highest BCUT2D eigenvalue weighted by molar-refractivity contribution is 7.21. The average Bonchev–Trinajstić information content (AvgIpc) is 2.89. The van der Waals surface area contributed by atoms with Crippen LogP contribution in [0.3, 0.4) is 0 Å². The number of pyridine rings is 1. The third-order valence-electron chi connectivity index (χ3n) is 3.24. The zero-order chi connectivity index (χ0) is 17.1. The van der Waals surface area contributed by atoms with Crippen molar-refractivity contribution in [2.24, 2.45) is 0 Å². The molecule has 0 aliphatic carbocycles. The standard InChI is InChI=1S/C15H13N3OS/c1-8-7-17-13-12-9-3-2-6-16-10(9)4-5-11(12)20-14(13)15(19)18-8/h2-6,8,17H,7H2,1H3,(H,18,19)/i1D,7D2,8D. The van der Waals surface area contributed by atoms with Crippen LogP contribution >= 0.6 is 11.3 Å². The second-order valence-electron chi connectivity index (χ2n) is 4.50. The molecular weight excluding hydrogens is 270 g/mol. The van der Waals surface area contributed by atoms with Crippen LogP contribution in [0.2, 0.25) is 0 Å². The van der Waals surface area contributed by atoms with Crippen molar-refractivity contribution < 1.29 is 10.3 Å². The summed E-state index contributed by atoms with van der Waals surface area (Å²) in [4.78, 5) is 17.2. The first-order valence-corrected chi connectivity index (χ1v) is 6.88. The van der Waals surface area contributed by atoms with Gasteiger partial charge in [-0.1, -0.05) is 6.07 Å². The molecule has 3 heterocycles. The third kappa shape index (κ3) is 1.59. The van der Waals surface area contributed by atoms with Crippen LogP contribution in [0.4, 0.5) is 5.69 Å². The molecule has 100 valence electrons. The molecule has 0 fully saturated rings. The Morgan fingerprint density at radius 2 is 2.50 bits per heavy atom. The SMILES string of the molecule is [2H]CC1([2H])NC(=O)c2sc3ccc4ncccc4c3c2NC1([2H])[2H]. The molecule has 1 unspecified atom stereocenters. The number of benzene rings is 1. The number of amides is 1. The largest absolute Gasteiger partial charge is 0.381 e. The lowest BCUT2D eigenvalue weighted by atomic mass is 10.1. The van der Waals surface area contributed by atoms with Gasteiger partial charge in [-0.2, -0.15) is 0 Å². The van der Waals surface area contributed by atoms with Crippen LogP contribution in [0.15, 0.2) is 30.5 Å². The highest BCUT2D eigenvalue weighted by Gasteiger charge is 2.24. The number of hydrogen-bond acceptors (Lipinski definition) is 4. The lowest BCUT2D eigenvalue weighted by molar-refractivity contribution is 0.0949. The zero-order valence-electron chi connectivity index (χ0n) is 14.4. The number of carbonyl (C=O) groups is 1. The van der Waals surface area contributed by atoms with Crippen molar-refractivity contribution in [1.82, 2.24) is 10.3 Å². The molecule has 1 atom stereocenters. The molecule has 1 aliphatic rings. The van der Waals surface area contributed by atoms with E-state index in [1.165, 1.54) is 11.3 Å². The van der Waals surface area contributed by atoms with Crippen molar-refractivity contribution >= 4 is 43.9 Å². The molecule has 4 nitrogen and oxygen atoms in total. The predicted molar refractivity (Wildman–Crippen MR) is 82.5 cm³/mol. The van der Waals surface area contributed by atoms with Crippen LogP contribution in [0.25, 0.3) is 21.0 Å². The summed E-state index contributed by atoms with van der Waals surface area (Å²) < 4.78 is 32.9. The fourth-order valence-electron chi connectivity index (χ4n) is 2.39. The maximum absolute atomic E-state index is 12.5. The number of anilines is 1. The van der Waals surface area contributed by atoms with Crippen molar-refractivity contribution in [2.75, 3.05) is 11.8 Å². The highest BCUT2D eigenvalue weighted by Crippen LogP contribution is 2.40. The van der Waals surface area contributed by atoms with Crippen LogP contribution < -0.4 is 10.6 Å². The smallest absolute Gasteiger partial charge is 0.263 e. The fourth-order valence-corrected chi connectivity index (χ4v) is 3.46. The van der Waals surface area contributed by atoms with E-state index in [1.807, 2.05) is 18.2 Å². The Morgan fingerprint density at radius 3 is 3.40 bits per heavy atom. The molecule has 1 aromatic carbocycles. The first-order valence-electron chi connectivity index (χ1n) is 8.27. The van der Waals surface area contributed by atoms with E-state index < -0.39 is 25.3 Å². The number of fused-ring (bicyclic) bond motifs is 5. The van der Waals surface area contributed by atoms with E-state index in [2.05, 4.69) is 15.6 Å². The van der Waals surface area contributed by atoms with Crippen molar-refractivity contribution in [3.63, 3.8) is 0 Å². The third-order valence-corrected chi connectivity index (χ3v) is 4.40. The summed E-state index contributed by atoms with van der Waals surface area (Å²) in [6.07, 6.45) is 1.67. The van der Waals surface area contributed by atoms with Gasteiger partial charge in [-0.15, -0.1) is 11.3 Å². The minimum atomic E-state index is -2.30. The van der Waals surface area contributed by atoms with Gasteiger partial charge >= 0.3 is 0 Å². The Balaban J connectivity index is 2.05. The summed E-state index contributed by atoms with van der Waals surface area (Å²) in [5.74, 6) is -0.542. The van der Waals surface area contributed by atoms with Gasteiger partial charge in [-0.25, -0.2) is 0 Å². The summed E-state index contributed by atoms with van der Waals surface area (Å²) >= 11 is 1.23. The van der Waals surface area contributed by atoms with Crippen molar-refractivity contribution in [2.45, 2.75) is 12.9 Å². The van der Waals surface area contributed by atoms with Crippen LogP contribution in [0, 0.1) is 0 Å². The normalized spacial score (nSPS) is 27.5. The Labute approximate surface area is 125 Å². The second kappa shape index (κ2) is 4.18. The summed E-state index contributed by atoms with van der Waals surface area (Å²) in [7, 11) is 0. The summed E-state index contributed by atoms with van der Waals surface area (Å²) in [5.41, 5.74) is 1.11. The lowest BCUT2D eigenvalue weighted by Gasteiger charge is -2.09. The minimum Gasteiger partial charge on any atom is -0.381 e. The Kier molecular flexibility index (Phi) is 1.72. The number of hydrogen-bond donors (Lipinski definition) is 2. The predicted octanol–water partition coefficient (Wildman–Crippen LogP) is 2.99. The van der Waals surface area contributed by atoms with E-state index in [9.17, 15) is 4.79 Å². The molecule has 2 N–H and O–H groups in total. The average molecular weight is 287 g/mol. The zero-order valence-corrected chi connectivity index (χ0v) is 11.2. The first-order chi connectivity index (χ1) is 11.4. The van der Waals surface area contributed by atoms with Crippen LogP contribution in [-0.4, -0.2) is 23.4 Å². The van der Waals surface area contributed by atoms with E-state index in [-0.39, 0.29) is 0 Å². The van der Waals surface area contributed by atoms with E-state index >= 15 is 0 Å². The Bertz CT molecular complexity index is 989. The molecule has 5 heteroatoms. The number of carbonyl (C=O) groups excluding carboxylic acids is 1. The number of aromatic nitrogens is 1. The molecule has 1 aliphatic heterocycles. The van der Waals surface area contributed by atoms with Gasteiger partial charge < -0.3 is 10.6 Å². The summed E-state index contributed by atoms with van der Waals surface area (Å²) in [6.45, 7) is -2.90. The summed E-state index contributed by atoms with van der Waals surface area (Å²) in [6, 6.07) is 5.30. The molecule has 0 bridgehead atoms. The van der Waals surface area contributed by atoms with Crippen LogP contribution in [0.5, 0.6) is 0 Å². The molecule has 3 aromatic rings. The maximum atomic E-state index is 12.5. The Morgan fingerprint density at radius 1 is 1.55 bits per heavy atom. The van der Waals surface area contributed by atoms with Gasteiger partial charge in [0, 0.05) is 35.6 Å². The van der Waals surface area contributed by atoms with E-state index in [1.54, 1.807) is 12.3 Å². The van der Waals surface area contributed by atoms with E-state index in [0.717, 1.165) is 15.6 Å². The van der Waals surface area contributed by atoms with Gasteiger partial charge in [0.05, 0.1) is 15.3 Å². The number of rotatable bonds is 0. The summed E-state index contributed by atoms with van der Waals surface area (Å²) in [5, 5.41) is 6.60. The van der Waals surface area contributed by atoms with Gasteiger partial charge in [0.15, 0.2) is 0 Å². The first kappa shape index (κ1) is 8.21. The minimum absolute atomic E-state index is 0.313. The van der Waals surface area contributed by atoms with Crippen LogP contribution in [0.1, 0.15) is 22.1 Å². The van der Waals surface area contributed by atoms with Gasteiger partial charge in [0.1, 0.15) is 4.88 Å². The molecular formula is C15H13N3OS. The molecule has 2 aromatic heterocycles. The number of thiophene rings is 1. The number of nitrogens with zero attached hydrogens (tertiary/aromatic N) is 1. The number of nitrogens with one attached hydrogen (secondary N) is 2. The van der Waals surface area contributed by atoms with Crippen LogP contribution in [-0.2, 0) is 0 Å². The van der Waals surface area contributed by atoms with Gasteiger partial charge in [0.25, 0.3) is 5.91 Å². The molecule has 1 amide bonds. The fraction of sp³-hybridized carbons (Fsp3) is 0.200. The Hall–Kier alpha value is -2.14. The molecule has 0 saturated heterocycles. The molecule has 0 saturated carbocycles. The second-order valence-corrected chi connectivity index (χ2v) is 5.55. The van der Waals surface area contributed by atoms with Crippen molar-refractivity contribution in [3.8, 4) is 0 Å². The monoisotopic (exact) mass is 287 g/mol. The lowest BCUT2D eigenvalue weighted by Crippen LogP contribution is -2.34. The molecule has 0 radical (unpaired) electrons. The molecule has 20 heavy (non-hydrogen) atoms. The van der Waals surface area contributed by atoms with Gasteiger partial charge in [0.2, 0.25) is 0 Å². The maximum Gasteiger partial charge on any atom is 0.263 e. The van der Waals surface area contributed by atoms with E-state index in [4.69, 9.17) is 5.48 Å². The van der Waals surface area contributed by atoms with Gasteiger partial charge in [-0.3, -0.25) is 9.78 Å².